The molecule has 0 amide bonds. The van der Waals surface area contributed by atoms with Gasteiger partial charge in [-0.05, 0) is 12.1 Å². The van der Waals surface area contributed by atoms with Crippen LogP contribution in [-0.4, -0.2) is 0 Å². The third-order valence-corrected chi connectivity index (χ3v) is 0.903. The third kappa shape index (κ3) is 2.44. The van der Waals surface area contributed by atoms with Crippen molar-refractivity contribution in [2.45, 2.75) is 0 Å². The molecule has 1 rings (SSSR count). The summed E-state index contributed by atoms with van der Waals surface area (Å²) < 4.78 is 0. The molecule has 0 saturated carbocycles. The largest absolute Gasteiger partial charge is 0.192 e. The van der Waals surface area contributed by atoms with E-state index in [9.17, 15) is 0 Å². The molecule has 3 nitrogen and oxygen atoms in total. The van der Waals surface area contributed by atoms with Gasteiger partial charge in [0.2, 0.25) is 0 Å². The Morgan fingerprint density at radius 2 is 1.50 bits per heavy atom. The van der Waals surface area contributed by atoms with Gasteiger partial charge in [-0.25, -0.2) is 0 Å². The zero-order valence-electron chi connectivity index (χ0n) is 5.23. The molecule has 0 atom stereocenters. The van der Waals surface area contributed by atoms with Crippen molar-refractivity contribution < 1.29 is 0 Å². The summed E-state index contributed by atoms with van der Waals surface area (Å²) in [4.78, 5) is 0. The van der Waals surface area contributed by atoms with Gasteiger partial charge in [0.25, 0.3) is 0 Å². The van der Waals surface area contributed by atoms with Crippen molar-refractivity contribution in [2.24, 2.45) is 0 Å². The van der Waals surface area contributed by atoms with E-state index >= 15 is 0 Å². The van der Waals surface area contributed by atoms with Crippen LogP contribution < -0.4 is 0 Å². The van der Waals surface area contributed by atoms with Crippen molar-refractivity contribution >= 4 is 0 Å². The fraction of sp³-hybridized carbons (Fsp3) is 0. The Bertz CT molecular complexity index is 232. The van der Waals surface area contributed by atoms with E-state index in [1.165, 1.54) is 0 Å². The fourth-order valence-corrected chi connectivity index (χ4v) is 0.513. The van der Waals surface area contributed by atoms with Gasteiger partial charge in [-0.2, -0.15) is 5.26 Å². The van der Waals surface area contributed by atoms with E-state index in [1.807, 2.05) is 24.3 Å². The van der Waals surface area contributed by atoms with Crippen molar-refractivity contribution in [3.05, 3.63) is 35.9 Å². The van der Waals surface area contributed by atoms with E-state index in [0.717, 1.165) is 0 Å². The Balaban J connectivity index is 0.000000371. The quantitative estimate of drug-likeness (QED) is 0.502. The molecule has 0 bridgehead atoms. The second-order valence-electron chi connectivity index (χ2n) is 1.48. The molecular weight excluding hydrogens is 126 g/mol. The molecule has 48 valence electrons. The van der Waals surface area contributed by atoms with E-state index in [4.69, 9.17) is 16.0 Å². The molecule has 1 aromatic rings. The van der Waals surface area contributed by atoms with Crippen LogP contribution in [0.5, 0.6) is 0 Å². The molecule has 0 unspecified atom stereocenters. The standard InChI is InChI=1S/C7H5N.N2/c8-6-7-4-2-1-3-5-7;1-2/h1-5H;. The predicted octanol–water partition coefficient (Wildman–Crippen LogP) is 1.59. The van der Waals surface area contributed by atoms with Crippen LogP contribution >= 0.6 is 0 Å². The number of benzene rings is 1. The Morgan fingerprint density at radius 3 is 1.80 bits per heavy atom. The zero-order chi connectivity index (χ0) is 7.82. The summed E-state index contributed by atoms with van der Waals surface area (Å²) in [6, 6.07) is 11.2. The van der Waals surface area contributed by atoms with Crippen LogP contribution in [0.25, 0.3) is 0 Å². The second kappa shape index (κ2) is 5.27. The smallest absolute Gasteiger partial charge is 0.0991 e. The van der Waals surface area contributed by atoms with Gasteiger partial charge in [0.05, 0.1) is 11.6 Å². The number of nitrogens with zero attached hydrogens (tertiary/aromatic N) is 3. The highest BCUT2D eigenvalue weighted by molar-refractivity contribution is 5.27. The average molecular weight is 131 g/mol. The number of hydrogen-bond donors (Lipinski definition) is 0. The van der Waals surface area contributed by atoms with Gasteiger partial charge >= 0.3 is 0 Å². The number of hydrogen-bond acceptors (Lipinski definition) is 3. The van der Waals surface area contributed by atoms with E-state index in [-0.39, 0.29) is 0 Å². The van der Waals surface area contributed by atoms with Gasteiger partial charge in [-0.3, -0.25) is 0 Å². The van der Waals surface area contributed by atoms with Gasteiger partial charge in [-0.1, -0.05) is 18.2 Å². The lowest BCUT2D eigenvalue weighted by molar-refractivity contribution is 1.15. The molecule has 0 N–H and O–H groups in total. The molecule has 0 aliphatic heterocycles. The molecule has 3 heteroatoms. The molecule has 0 aromatic heterocycles. The molecule has 1 aromatic carbocycles. The van der Waals surface area contributed by atoms with E-state index in [2.05, 4.69) is 0 Å². The maximum absolute atomic E-state index is 8.29. The van der Waals surface area contributed by atoms with Crippen molar-refractivity contribution in [2.75, 3.05) is 0 Å². The van der Waals surface area contributed by atoms with Crippen molar-refractivity contribution in [1.29, 1.82) is 16.0 Å². The van der Waals surface area contributed by atoms with E-state index in [1.54, 1.807) is 12.1 Å². The predicted molar refractivity (Wildman–Crippen MR) is 34.6 cm³/mol. The SMILES string of the molecule is N#Cc1ccccc1.N#N. The van der Waals surface area contributed by atoms with Crippen molar-refractivity contribution in [3.63, 3.8) is 0 Å². The zero-order valence-corrected chi connectivity index (χ0v) is 5.23. The van der Waals surface area contributed by atoms with E-state index in [0.29, 0.717) is 5.56 Å². The highest BCUT2D eigenvalue weighted by Gasteiger charge is 1.79. The minimum Gasteiger partial charge on any atom is -0.192 e. The molecule has 0 saturated heterocycles. The molecule has 0 heterocycles. The van der Waals surface area contributed by atoms with Gasteiger partial charge < -0.3 is 0 Å². The first-order valence-corrected chi connectivity index (χ1v) is 2.58. The normalized spacial score (nSPS) is 6.50. The van der Waals surface area contributed by atoms with Crippen LogP contribution in [-0.2, 0) is 0 Å². The Kier molecular flexibility index (Phi) is 4.28. The topological polar surface area (TPSA) is 71.4 Å². The highest BCUT2D eigenvalue weighted by atomic mass is 14.6. The maximum Gasteiger partial charge on any atom is 0.0991 e. The fourth-order valence-electron chi connectivity index (χ4n) is 0.513. The summed E-state index contributed by atoms with van der Waals surface area (Å²) in [5.74, 6) is 0. The minimum absolute atomic E-state index is 0.715. The van der Waals surface area contributed by atoms with Crippen LogP contribution in [0.1, 0.15) is 5.56 Å². The molecule has 0 fully saturated rings. The lowest BCUT2D eigenvalue weighted by Gasteiger charge is -1.80. The van der Waals surface area contributed by atoms with Gasteiger partial charge in [0.1, 0.15) is 0 Å². The van der Waals surface area contributed by atoms with Crippen LogP contribution in [0.15, 0.2) is 30.3 Å². The number of nitriles is 1. The third-order valence-electron chi connectivity index (χ3n) is 0.903. The van der Waals surface area contributed by atoms with Gasteiger partial charge in [0, 0.05) is 10.8 Å². The van der Waals surface area contributed by atoms with Crippen LogP contribution in [0.3, 0.4) is 0 Å². The highest BCUT2D eigenvalue weighted by Crippen LogP contribution is 1.92. The first kappa shape index (κ1) is 8.13. The molecule has 0 radical (unpaired) electrons. The summed E-state index contributed by atoms with van der Waals surface area (Å²) in [5.41, 5.74) is 0.715. The van der Waals surface area contributed by atoms with Crippen molar-refractivity contribution in [3.8, 4) is 6.07 Å². The Hall–Kier alpha value is -1.87. The molecule has 0 aliphatic carbocycles. The van der Waals surface area contributed by atoms with Crippen LogP contribution in [0, 0.1) is 22.1 Å². The maximum atomic E-state index is 8.29. The average Bonchev–Trinajstić information content (AvgIpc) is 2.10. The van der Waals surface area contributed by atoms with Crippen LogP contribution in [0.2, 0.25) is 0 Å². The van der Waals surface area contributed by atoms with Gasteiger partial charge in [0.15, 0.2) is 0 Å². The first-order valence-electron chi connectivity index (χ1n) is 2.58. The first-order chi connectivity index (χ1) is 4.93. The summed E-state index contributed by atoms with van der Waals surface area (Å²) in [6.07, 6.45) is 0. The second-order valence-corrected chi connectivity index (χ2v) is 1.48. The molecule has 10 heavy (non-hydrogen) atoms. The Labute approximate surface area is 58.9 Å². The molecular formula is C7H5N3. The summed E-state index contributed by atoms with van der Waals surface area (Å²) >= 11 is 0. The monoisotopic (exact) mass is 131 g/mol. The molecule has 0 aliphatic rings. The summed E-state index contributed by atoms with van der Waals surface area (Å²) in [7, 11) is 0. The summed E-state index contributed by atoms with van der Waals surface area (Å²) in [5, 5.41) is 20.3. The Morgan fingerprint density at radius 1 is 1.00 bits per heavy atom. The molecule has 0 spiro atoms. The van der Waals surface area contributed by atoms with Gasteiger partial charge in [-0.15, -0.1) is 0 Å². The lowest BCUT2D eigenvalue weighted by Crippen LogP contribution is -1.66. The van der Waals surface area contributed by atoms with Crippen LogP contribution in [0.4, 0.5) is 0 Å². The van der Waals surface area contributed by atoms with Crippen molar-refractivity contribution in [1.82, 2.24) is 0 Å². The number of rotatable bonds is 0. The minimum atomic E-state index is 0.715. The summed E-state index contributed by atoms with van der Waals surface area (Å²) in [6.45, 7) is 0. The van der Waals surface area contributed by atoms with E-state index < -0.39 is 0 Å². The lowest BCUT2D eigenvalue weighted by atomic mass is 10.2.